The Morgan fingerprint density at radius 3 is 2.51 bits per heavy atom. The molecule has 1 unspecified atom stereocenters. The molecule has 186 valence electrons. The van der Waals surface area contributed by atoms with Gasteiger partial charge in [0.15, 0.2) is 10.1 Å². The number of aliphatic hydroxyl groups excluding tert-OH is 1. The number of amides is 1. The van der Waals surface area contributed by atoms with Gasteiger partial charge in [0.2, 0.25) is 10.9 Å². The molecule has 4 aromatic rings. The quantitative estimate of drug-likeness (QED) is 0.0963. The van der Waals surface area contributed by atoms with Crippen LogP contribution >= 0.6 is 34.4 Å². The predicted octanol–water partition coefficient (Wildman–Crippen LogP) is 5.72. The maximum absolute atomic E-state index is 13.3. The molecule has 5 rings (SSSR count). The average Bonchev–Trinajstić information content (AvgIpc) is 3.64. The lowest BCUT2D eigenvalue weighted by atomic mass is 9.95. The third-order valence-corrected chi connectivity index (χ3v) is 8.49. The second kappa shape index (κ2) is 10.2. The number of Topliss-reactive ketones (excluding diaryl/α,β-unsaturated/α-hetero) is 1. The molecule has 1 aliphatic rings. The maximum Gasteiger partial charge on any atom is 0.296 e. The Bertz CT molecular complexity index is 1520. The fourth-order valence-electron chi connectivity index (χ4n) is 3.75. The van der Waals surface area contributed by atoms with Crippen molar-refractivity contribution in [1.29, 1.82) is 0 Å². The second-order valence-corrected chi connectivity index (χ2v) is 10.9. The van der Waals surface area contributed by atoms with E-state index in [1.165, 1.54) is 64.4 Å². The Morgan fingerprint density at radius 2 is 1.86 bits per heavy atom. The van der Waals surface area contributed by atoms with Gasteiger partial charge in [0.25, 0.3) is 11.6 Å². The van der Waals surface area contributed by atoms with Crippen LogP contribution < -0.4 is 4.90 Å². The number of halogens is 1. The smallest absolute Gasteiger partial charge is 0.296 e. The van der Waals surface area contributed by atoms with Gasteiger partial charge in [0.1, 0.15) is 5.82 Å². The number of carbonyl (C=O) groups excluding carboxylic acids is 2. The summed E-state index contributed by atoms with van der Waals surface area (Å²) in [7, 11) is 0. The Hall–Kier alpha value is -3.94. The summed E-state index contributed by atoms with van der Waals surface area (Å²) in [4.78, 5) is 38.6. The van der Waals surface area contributed by atoms with Gasteiger partial charge in [-0.1, -0.05) is 41.3 Å². The van der Waals surface area contributed by atoms with E-state index in [1.54, 1.807) is 29.6 Å². The number of hydrogen-bond donors (Lipinski definition) is 1. The van der Waals surface area contributed by atoms with E-state index in [0.717, 1.165) is 16.9 Å². The van der Waals surface area contributed by atoms with E-state index in [4.69, 9.17) is 0 Å². The topological polar surface area (TPSA) is 127 Å². The predicted molar refractivity (Wildman–Crippen MR) is 137 cm³/mol. The molecule has 0 spiro atoms. The minimum Gasteiger partial charge on any atom is -0.503 e. The van der Waals surface area contributed by atoms with Crippen molar-refractivity contribution in [2.24, 2.45) is 0 Å². The first kappa shape index (κ1) is 24.7. The molecule has 0 fully saturated rings. The van der Waals surface area contributed by atoms with Gasteiger partial charge in [-0.25, -0.2) is 4.39 Å². The van der Waals surface area contributed by atoms with E-state index >= 15 is 0 Å². The van der Waals surface area contributed by atoms with E-state index in [2.05, 4.69) is 10.2 Å². The Labute approximate surface area is 221 Å². The van der Waals surface area contributed by atoms with Gasteiger partial charge in [-0.3, -0.25) is 24.6 Å². The van der Waals surface area contributed by atoms with E-state index in [-0.39, 0.29) is 22.2 Å². The van der Waals surface area contributed by atoms with Crippen molar-refractivity contribution in [3.8, 4) is 0 Å². The number of ketones is 1. The Morgan fingerprint density at radius 1 is 1.14 bits per heavy atom. The normalized spacial score (nSPS) is 15.4. The first-order valence-electron chi connectivity index (χ1n) is 10.6. The number of nitro groups is 1. The SMILES string of the molecule is O=C(C1=C(O)C(=O)N(c2nnc(SCc3ccc(F)cc3)s2)C1c1ccc([N+](=O)[O-])cc1)c1cccs1. The lowest BCUT2D eigenvalue weighted by Crippen LogP contribution is -2.31. The molecule has 0 bridgehead atoms. The Kier molecular flexibility index (Phi) is 6.82. The van der Waals surface area contributed by atoms with Crippen LogP contribution in [0.5, 0.6) is 0 Å². The van der Waals surface area contributed by atoms with E-state index in [0.29, 0.717) is 20.5 Å². The maximum atomic E-state index is 13.3. The number of carbonyl (C=O) groups is 2. The van der Waals surface area contributed by atoms with Crippen LogP contribution in [0.2, 0.25) is 0 Å². The van der Waals surface area contributed by atoms with Gasteiger partial charge in [-0.15, -0.1) is 21.5 Å². The second-order valence-electron chi connectivity index (χ2n) is 7.76. The molecule has 1 amide bonds. The molecule has 0 aliphatic carbocycles. The van der Waals surface area contributed by atoms with Crippen molar-refractivity contribution < 1.29 is 24.0 Å². The number of rotatable bonds is 8. The van der Waals surface area contributed by atoms with Crippen LogP contribution in [0.25, 0.3) is 0 Å². The largest absolute Gasteiger partial charge is 0.503 e. The lowest BCUT2D eigenvalue weighted by Gasteiger charge is -2.23. The van der Waals surface area contributed by atoms with Gasteiger partial charge >= 0.3 is 0 Å². The van der Waals surface area contributed by atoms with Crippen LogP contribution in [-0.4, -0.2) is 31.9 Å². The first-order valence-corrected chi connectivity index (χ1v) is 13.3. The minimum atomic E-state index is -1.06. The molecule has 1 atom stereocenters. The van der Waals surface area contributed by atoms with Crippen LogP contribution in [-0.2, 0) is 10.5 Å². The van der Waals surface area contributed by atoms with Crippen LogP contribution in [0.15, 0.2) is 81.7 Å². The number of aromatic nitrogens is 2. The number of nitrogens with zero attached hydrogens (tertiary/aromatic N) is 4. The summed E-state index contributed by atoms with van der Waals surface area (Å²) in [5.41, 5.74) is 0.956. The number of benzene rings is 2. The molecule has 2 aromatic heterocycles. The van der Waals surface area contributed by atoms with Crippen molar-refractivity contribution in [2.75, 3.05) is 4.90 Å². The zero-order valence-electron chi connectivity index (χ0n) is 18.6. The number of anilines is 1. The number of nitro benzene ring substituents is 1. The highest BCUT2D eigenvalue weighted by molar-refractivity contribution is 8.00. The lowest BCUT2D eigenvalue weighted by molar-refractivity contribution is -0.384. The van der Waals surface area contributed by atoms with Gasteiger partial charge in [0.05, 0.1) is 21.4 Å². The fourth-order valence-corrected chi connectivity index (χ4v) is 6.25. The van der Waals surface area contributed by atoms with E-state index in [1.807, 2.05) is 0 Å². The van der Waals surface area contributed by atoms with Crippen molar-refractivity contribution in [2.45, 2.75) is 16.1 Å². The summed E-state index contributed by atoms with van der Waals surface area (Å²) in [6.45, 7) is 0. The summed E-state index contributed by atoms with van der Waals surface area (Å²) in [5.74, 6) is -1.91. The summed E-state index contributed by atoms with van der Waals surface area (Å²) in [5, 5.41) is 32.0. The zero-order valence-corrected chi connectivity index (χ0v) is 21.1. The third kappa shape index (κ3) is 4.88. The Balaban J connectivity index is 1.49. The van der Waals surface area contributed by atoms with E-state index in [9.17, 15) is 29.2 Å². The molecular weight excluding hydrogens is 539 g/mol. The summed E-state index contributed by atoms with van der Waals surface area (Å²) < 4.78 is 13.7. The van der Waals surface area contributed by atoms with Crippen LogP contribution in [0.3, 0.4) is 0 Å². The molecule has 13 heteroatoms. The standard InChI is InChI=1S/C24H15FN4O5S3/c25-15-7-3-13(4-8-15)12-36-24-27-26-23(37-24)28-19(14-5-9-16(10-6-14)29(33)34)18(21(31)22(28)32)20(30)17-2-1-11-35-17/h1-11,19,31H,12H2. The number of thioether (sulfide) groups is 1. The van der Waals surface area contributed by atoms with E-state index < -0.39 is 28.4 Å². The van der Waals surface area contributed by atoms with Crippen molar-refractivity contribution in [3.63, 3.8) is 0 Å². The highest BCUT2D eigenvalue weighted by Crippen LogP contribution is 2.44. The highest BCUT2D eigenvalue weighted by atomic mass is 32.2. The monoisotopic (exact) mass is 554 g/mol. The average molecular weight is 555 g/mol. The summed E-state index contributed by atoms with van der Waals surface area (Å²) >= 11 is 3.59. The van der Waals surface area contributed by atoms with Crippen molar-refractivity contribution in [1.82, 2.24) is 10.2 Å². The number of thiophene rings is 1. The summed E-state index contributed by atoms with van der Waals surface area (Å²) in [6, 6.07) is 13.7. The van der Waals surface area contributed by atoms with Crippen molar-refractivity contribution in [3.05, 3.63) is 109 Å². The molecule has 3 heterocycles. The molecule has 0 radical (unpaired) electrons. The molecule has 0 saturated carbocycles. The molecule has 37 heavy (non-hydrogen) atoms. The van der Waals surface area contributed by atoms with Gasteiger partial charge in [0, 0.05) is 17.9 Å². The zero-order chi connectivity index (χ0) is 26.1. The summed E-state index contributed by atoms with van der Waals surface area (Å²) in [6.07, 6.45) is 0. The minimum absolute atomic E-state index is 0.142. The highest BCUT2D eigenvalue weighted by Gasteiger charge is 2.46. The number of aliphatic hydroxyl groups is 1. The van der Waals surface area contributed by atoms with Gasteiger partial charge in [-0.05, 0) is 46.8 Å². The first-order chi connectivity index (χ1) is 17.8. The van der Waals surface area contributed by atoms with Crippen molar-refractivity contribution >= 4 is 56.9 Å². The van der Waals surface area contributed by atoms with Gasteiger partial charge in [-0.2, -0.15) is 0 Å². The molecule has 9 nitrogen and oxygen atoms in total. The third-order valence-electron chi connectivity index (χ3n) is 5.49. The van der Waals surface area contributed by atoms with Crippen LogP contribution in [0.1, 0.15) is 26.8 Å². The van der Waals surface area contributed by atoms with Gasteiger partial charge < -0.3 is 5.11 Å². The molecule has 1 aliphatic heterocycles. The fraction of sp³-hybridized carbons (Fsp3) is 0.0833. The van der Waals surface area contributed by atoms with Crippen LogP contribution in [0.4, 0.5) is 15.2 Å². The number of hydrogen-bond acceptors (Lipinski definition) is 10. The number of non-ortho nitro benzene ring substituents is 1. The molecule has 2 aromatic carbocycles. The molecule has 0 saturated heterocycles. The molecule has 1 N–H and O–H groups in total. The molecular formula is C24H15FN4O5S3. The van der Waals surface area contributed by atoms with Crippen LogP contribution in [0, 0.1) is 15.9 Å².